The van der Waals surface area contributed by atoms with E-state index in [2.05, 4.69) is 27.0 Å². The predicted octanol–water partition coefficient (Wildman–Crippen LogP) is 1.94. The van der Waals surface area contributed by atoms with Crippen LogP contribution in [-0.2, 0) is 14.8 Å². The van der Waals surface area contributed by atoms with Crippen LogP contribution in [0, 0.1) is 0 Å². The molecular weight excluding hydrogens is 494 g/mol. The van der Waals surface area contributed by atoms with E-state index in [1.165, 1.54) is 16.4 Å². The zero-order chi connectivity index (χ0) is 26.0. The van der Waals surface area contributed by atoms with Crippen LogP contribution in [0.2, 0.25) is 0 Å². The third kappa shape index (κ3) is 5.26. The van der Waals surface area contributed by atoms with Crippen molar-refractivity contribution in [2.24, 2.45) is 0 Å². The SMILES string of the molecule is CCN1CCN(c2ccc(S(=O)(=O)N3CCOCC3)cc2NC(=O)c2cc(=O)[nH]c3ccccc23)CC1. The van der Waals surface area contributed by atoms with Crippen LogP contribution in [0.25, 0.3) is 10.9 Å². The first-order chi connectivity index (χ1) is 17.9. The summed E-state index contributed by atoms with van der Waals surface area (Å²) in [6.45, 7) is 7.58. The zero-order valence-corrected chi connectivity index (χ0v) is 21.6. The van der Waals surface area contributed by atoms with Crippen LogP contribution in [0.4, 0.5) is 11.4 Å². The molecule has 0 spiro atoms. The lowest BCUT2D eigenvalue weighted by atomic mass is 10.1. The summed E-state index contributed by atoms with van der Waals surface area (Å²) < 4.78 is 33.5. The number of pyridine rings is 1. The van der Waals surface area contributed by atoms with Crippen molar-refractivity contribution in [2.75, 3.05) is 69.2 Å². The summed E-state index contributed by atoms with van der Waals surface area (Å²) in [6.07, 6.45) is 0. The number of hydrogen-bond donors (Lipinski definition) is 2. The minimum absolute atomic E-state index is 0.108. The van der Waals surface area contributed by atoms with Crippen molar-refractivity contribution in [1.29, 1.82) is 0 Å². The number of hydrogen-bond acceptors (Lipinski definition) is 7. The maximum absolute atomic E-state index is 13.5. The number of piperazine rings is 1. The van der Waals surface area contributed by atoms with Gasteiger partial charge in [0.2, 0.25) is 15.6 Å². The van der Waals surface area contributed by atoms with Crippen LogP contribution >= 0.6 is 0 Å². The molecule has 196 valence electrons. The third-order valence-electron chi connectivity index (χ3n) is 6.98. The molecule has 3 heterocycles. The number of benzene rings is 2. The Bertz CT molecular complexity index is 1460. The van der Waals surface area contributed by atoms with Crippen molar-refractivity contribution in [3.8, 4) is 0 Å². The van der Waals surface area contributed by atoms with Crippen molar-refractivity contribution < 1.29 is 17.9 Å². The highest BCUT2D eigenvalue weighted by molar-refractivity contribution is 7.89. The second-order valence-corrected chi connectivity index (χ2v) is 11.1. The number of fused-ring (bicyclic) bond motifs is 1. The molecule has 2 saturated heterocycles. The fourth-order valence-electron chi connectivity index (χ4n) is 4.87. The minimum Gasteiger partial charge on any atom is -0.379 e. The van der Waals surface area contributed by atoms with Gasteiger partial charge in [0, 0.05) is 56.2 Å². The second kappa shape index (κ2) is 10.6. The Morgan fingerprint density at radius 1 is 1.00 bits per heavy atom. The lowest BCUT2D eigenvalue weighted by Crippen LogP contribution is -2.46. The van der Waals surface area contributed by atoms with Gasteiger partial charge in [-0.1, -0.05) is 25.1 Å². The molecule has 10 nitrogen and oxygen atoms in total. The summed E-state index contributed by atoms with van der Waals surface area (Å²) in [7, 11) is -3.77. The van der Waals surface area contributed by atoms with Crippen LogP contribution < -0.4 is 15.8 Å². The van der Waals surface area contributed by atoms with E-state index >= 15 is 0 Å². The molecule has 2 aliphatic heterocycles. The quantitative estimate of drug-likeness (QED) is 0.506. The van der Waals surface area contributed by atoms with E-state index in [9.17, 15) is 18.0 Å². The van der Waals surface area contributed by atoms with Crippen LogP contribution in [0.15, 0.2) is 58.2 Å². The van der Waals surface area contributed by atoms with Gasteiger partial charge in [0.05, 0.1) is 35.0 Å². The number of nitrogens with zero attached hydrogens (tertiary/aromatic N) is 3. The van der Waals surface area contributed by atoms with Gasteiger partial charge in [-0.25, -0.2) is 8.42 Å². The number of aromatic nitrogens is 1. The van der Waals surface area contributed by atoms with Crippen molar-refractivity contribution in [2.45, 2.75) is 11.8 Å². The first kappa shape index (κ1) is 25.4. The number of para-hydroxylation sites is 1. The Balaban J connectivity index is 1.53. The Labute approximate surface area is 215 Å². The smallest absolute Gasteiger partial charge is 0.256 e. The van der Waals surface area contributed by atoms with Gasteiger partial charge in [-0.05, 0) is 30.8 Å². The number of morpholine rings is 1. The first-order valence-electron chi connectivity index (χ1n) is 12.5. The van der Waals surface area contributed by atoms with E-state index < -0.39 is 15.9 Å². The molecule has 1 aromatic heterocycles. The van der Waals surface area contributed by atoms with E-state index in [0.29, 0.717) is 29.8 Å². The van der Waals surface area contributed by atoms with Crippen molar-refractivity contribution in [1.82, 2.24) is 14.2 Å². The molecule has 0 bridgehead atoms. The highest BCUT2D eigenvalue weighted by atomic mass is 32.2. The number of rotatable bonds is 6. The van der Waals surface area contributed by atoms with E-state index in [4.69, 9.17) is 4.74 Å². The summed E-state index contributed by atoms with van der Waals surface area (Å²) in [5.74, 6) is -0.475. The molecule has 37 heavy (non-hydrogen) atoms. The summed E-state index contributed by atoms with van der Waals surface area (Å²) in [5, 5.41) is 3.54. The van der Waals surface area contributed by atoms with Crippen molar-refractivity contribution >= 4 is 38.2 Å². The number of aromatic amines is 1. The summed E-state index contributed by atoms with van der Waals surface area (Å²) in [6, 6.07) is 13.3. The third-order valence-corrected chi connectivity index (χ3v) is 8.87. The molecular formula is C26H31N5O5S. The topological polar surface area (TPSA) is 115 Å². The molecule has 2 aliphatic rings. The molecule has 0 saturated carbocycles. The molecule has 0 radical (unpaired) electrons. The normalized spacial score (nSPS) is 17.7. The molecule has 2 aromatic carbocycles. The Hall–Kier alpha value is -3.25. The number of H-pyrrole nitrogens is 1. The molecule has 0 aliphatic carbocycles. The van der Waals surface area contributed by atoms with Gasteiger partial charge in [-0.2, -0.15) is 4.31 Å². The maximum atomic E-state index is 13.5. The number of nitrogens with one attached hydrogen (secondary N) is 2. The fourth-order valence-corrected chi connectivity index (χ4v) is 6.31. The molecule has 0 unspecified atom stereocenters. The van der Waals surface area contributed by atoms with Gasteiger partial charge >= 0.3 is 0 Å². The Kier molecular flexibility index (Phi) is 7.29. The summed E-state index contributed by atoms with van der Waals surface area (Å²) >= 11 is 0. The average Bonchev–Trinajstić information content (AvgIpc) is 2.93. The van der Waals surface area contributed by atoms with Gasteiger partial charge in [-0.15, -0.1) is 0 Å². The number of sulfonamides is 1. The van der Waals surface area contributed by atoms with Crippen LogP contribution in [0.5, 0.6) is 0 Å². The monoisotopic (exact) mass is 525 g/mol. The highest BCUT2D eigenvalue weighted by Crippen LogP contribution is 2.32. The van der Waals surface area contributed by atoms with E-state index in [1.54, 1.807) is 36.4 Å². The van der Waals surface area contributed by atoms with E-state index in [1.807, 2.05) is 0 Å². The second-order valence-electron chi connectivity index (χ2n) is 9.16. The van der Waals surface area contributed by atoms with Gasteiger partial charge in [-0.3, -0.25) is 9.59 Å². The molecule has 5 rings (SSSR count). The van der Waals surface area contributed by atoms with Gasteiger partial charge in [0.15, 0.2) is 0 Å². The number of likely N-dealkylation sites (N-methyl/N-ethyl adjacent to an activating group) is 1. The van der Waals surface area contributed by atoms with Crippen LogP contribution in [0.3, 0.4) is 0 Å². The average molecular weight is 526 g/mol. The van der Waals surface area contributed by atoms with Crippen LogP contribution in [-0.4, -0.2) is 87.5 Å². The van der Waals surface area contributed by atoms with E-state index in [0.717, 1.165) is 38.4 Å². The van der Waals surface area contributed by atoms with Crippen molar-refractivity contribution in [3.05, 3.63) is 64.4 Å². The maximum Gasteiger partial charge on any atom is 0.256 e. The number of ether oxygens (including phenoxy) is 1. The number of amides is 1. The van der Waals surface area contributed by atoms with Crippen molar-refractivity contribution in [3.63, 3.8) is 0 Å². The zero-order valence-electron chi connectivity index (χ0n) is 20.8. The Morgan fingerprint density at radius 2 is 1.73 bits per heavy atom. The minimum atomic E-state index is -3.77. The Morgan fingerprint density at radius 3 is 2.46 bits per heavy atom. The van der Waals surface area contributed by atoms with Gasteiger partial charge < -0.3 is 24.8 Å². The lowest BCUT2D eigenvalue weighted by molar-refractivity contribution is 0.0730. The molecule has 2 fully saturated rings. The summed E-state index contributed by atoms with van der Waals surface area (Å²) in [5.41, 5.74) is 1.54. The number of carbonyl (C=O) groups is 1. The predicted molar refractivity (Wildman–Crippen MR) is 143 cm³/mol. The highest BCUT2D eigenvalue weighted by Gasteiger charge is 2.28. The fraction of sp³-hybridized carbons (Fsp3) is 0.385. The largest absolute Gasteiger partial charge is 0.379 e. The standard InChI is InChI=1S/C26H31N5O5S/c1-2-29-9-11-30(12-10-29)24-8-7-19(37(34,35)31-13-15-36-16-14-31)17-23(24)28-26(33)21-18-25(32)27-22-6-4-3-5-20(21)22/h3-8,17-18H,2,9-16H2,1H3,(H,27,32)(H,28,33). The van der Waals surface area contributed by atoms with Gasteiger partial charge in [0.25, 0.3) is 5.91 Å². The van der Waals surface area contributed by atoms with Crippen LogP contribution in [0.1, 0.15) is 17.3 Å². The molecule has 11 heteroatoms. The molecule has 2 N–H and O–H groups in total. The molecule has 1 amide bonds. The summed E-state index contributed by atoms with van der Waals surface area (Å²) in [4.78, 5) is 33.1. The first-order valence-corrected chi connectivity index (χ1v) is 13.9. The van der Waals surface area contributed by atoms with Gasteiger partial charge in [0.1, 0.15) is 0 Å². The molecule has 0 atom stereocenters. The molecule has 3 aromatic rings. The number of anilines is 2. The number of carbonyl (C=O) groups excluding carboxylic acids is 1. The van der Waals surface area contributed by atoms with E-state index in [-0.39, 0.29) is 29.1 Å². The lowest BCUT2D eigenvalue weighted by Gasteiger charge is -2.36.